The Hall–Kier alpha value is -0.130. The highest BCUT2D eigenvalue weighted by Gasteiger charge is 2.28. The summed E-state index contributed by atoms with van der Waals surface area (Å²) in [6.07, 6.45) is 0.169. The van der Waals surface area contributed by atoms with Crippen molar-refractivity contribution < 1.29 is 14.3 Å². The lowest BCUT2D eigenvalue weighted by Gasteiger charge is -2.36. The third-order valence-electron chi connectivity index (χ3n) is 2.48. The van der Waals surface area contributed by atoms with E-state index >= 15 is 0 Å². The number of ether oxygens (including phenoxy) is 2. The highest BCUT2D eigenvalue weighted by atomic mass is 79.9. The fourth-order valence-electron chi connectivity index (χ4n) is 1.70. The van der Waals surface area contributed by atoms with Gasteiger partial charge in [0.25, 0.3) is 0 Å². The molecule has 2 atom stereocenters. The molecule has 0 spiro atoms. The summed E-state index contributed by atoms with van der Waals surface area (Å²) in [5, 5.41) is 0.751. The molecule has 1 aliphatic heterocycles. The molecule has 1 saturated heterocycles. The Morgan fingerprint density at radius 2 is 2.12 bits per heavy atom. The molecule has 1 amide bonds. The topological polar surface area (TPSA) is 38.8 Å². The molecule has 2 unspecified atom stereocenters. The predicted molar refractivity (Wildman–Crippen MR) is 70.4 cm³/mol. The lowest BCUT2D eigenvalue weighted by Crippen LogP contribution is -2.51. The number of nitrogens with zero attached hydrogens (tertiary/aromatic N) is 1. The molecule has 1 heterocycles. The van der Waals surface area contributed by atoms with E-state index in [0.29, 0.717) is 13.1 Å². The summed E-state index contributed by atoms with van der Waals surface area (Å²) in [6.45, 7) is 9.26. The Morgan fingerprint density at radius 1 is 1.47 bits per heavy atom. The Kier molecular flexibility index (Phi) is 5.41. The lowest BCUT2D eigenvalue weighted by molar-refractivity contribution is -0.151. The summed E-state index contributed by atoms with van der Waals surface area (Å²) in [4.78, 5) is 13.8. The van der Waals surface area contributed by atoms with E-state index in [2.05, 4.69) is 15.9 Å². The van der Waals surface area contributed by atoms with E-state index in [1.54, 1.807) is 0 Å². The number of carbonyl (C=O) groups excluding carboxylic acids is 1. The first-order valence-electron chi connectivity index (χ1n) is 5.95. The molecule has 100 valence electrons. The van der Waals surface area contributed by atoms with Crippen LogP contribution in [-0.4, -0.2) is 53.6 Å². The van der Waals surface area contributed by atoms with Crippen molar-refractivity contribution in [2.75, 3.05) is 25.0 Å². The number of morpholine rings is 1. The average Bonchev–Trinajstić information content (AvgIpc) is 2.23. The number of halogens is 1. The van der Waals surface area contributed by atoms with Gasteiger partial charge in [-0.25, -0.2) is 0 Å². The van der Waals surface area contributed by atoms with Gasteiger partial charge in [0.1, 0.15) is 6.61 Å². The zero-order valence-corrected chi connectivity index (χ0v) is 12.6. The number of hydrogen-bond donors (Lipinski definition) is 0. The molecule has 0 radical (unpaired) electrons. The van der Waals surface area contributed by atoms with Gasteiger partial charge in [-0.1, -0.05) is 15.9 Å². The zero-order valence-electron chi connectivity index (χ0n) is 11.0. The predicted octanol–water partition coefficient (Wildman–Crippen LogP) is 1.81. The molecule has 0 saturated carbocycles. The van der Waals surface area contributed by atoms with E-state index < -0.39 is 0 Å². The number of carbonyl (C=O) groups is 1. The Labute approximate surface area is 112 Å². The molecule has 0 aromatic heterocycles. The second-order valence-electron chi connectivity index (χ2n) is 5.42. The van der Waals surface area contributed by atoms with Crippen molar-refractivity contribution in [2.24, 2.45) is 0 Å². The third-order valence-corrected chi connectivity index (χ3v) is 3.20. The van der Waals surface area contributed by atoms with Crippen molar-refractivity contribution in [3.05, 3.63) is 0 Å². The maximum absolute atomic E-state index is 12.0. The van der Waals surface area contributed by atoms with Crippen LogP contribution >= 0.6 is 15.9 Å². The van der Waals surface area contributed by atoms with E-state index in [1.807, 2.05) is 32.6 Å². The molecule has 0 N–H and O–H groups in total. The van der Waals surface area contributed by atoms with Crippen molar-refractivity contribution in [3.8, 4) is 0 Å². The average molecular weight is 308 g/mol. The highest BCUT2D eigenvalue weighted by molar-refractivity contribution is 9.09. The SMILES string of the molecule is CC1CN(C(=O)COC(C)(C)C)CC(CBr)O1. The van der Waals surface area contributed by atoms with Crippen LogP contribution < -0.4 is 0 Å². The normalized spacial score (nSPS) is 26.1. The molecule has 0 bridgehead atoms. The number of rotatable bonds is 3. The van der Waals surface area contributed by atoms with E-state index in [9.17, 15) is 4.79 Å². The van der Waals surface area contributed by atoms with E-state index in [4.69, 9.17) is 9.47 Å². The third kappa shape index (κ3) is 5.36. The van der Waals surface area contributed by atoms with Crippen molar-refractivity contribution in [1.29, 1.82) is 0 Å². The van der Waals surface area contributed by atoms with Crippen LogP contribution in [0.4, 0.5) is 0 Å². The molecule has 4 nitrogen and oxygen atoms in total. The van der Waals surface area contributed by atoms with Gasteiger partial charge < -0.3 is 14.4 Å². The van der Waals surface area contributed by atoms with Crippen molar-refractivity contribution in [3.63, 3.8) is 0 Å². The van der Waals surface area contributed by atoms with Crippen molar-refractivity contribution >= 4 is 21.8 Å². The fraction of sp³-hybridized carbons (Fsp3) is 0.917. The Morgan fingerprint density at radius 3 is 2.65 bits per heavy atom. The van der Waals surface area contributed by atoms with Gasteiger partial charge in [-0.05, 0) is 27.7 Å². The maximum atomic E-state index is 12.0. The molecule has 5 heteroatoms. The summed E-state index contributed by atoms with van der Waals surface area (Å²) in [5.74, 6) is 0.0426. The second kappa shape index (κ2) is 6.16. The van der Waals surface area contributed by atoms with Crippen LogP contribution in [0.3, 0.4) is 0 Å². The smallest absolute Gasteiger partial charge is 0.248 e. The minimum absolute atomic E-state index is 0.0426. The molecule has 0 aliphatic carbocycles. The van der Waals surface area contributed by atoms with Gasteiger partial charge in [0.05, 0.1) is 17.8 Å². The summed E-state index contributed by atoms with van der Waals surface area (Å²) in [5.41, 5.74) is -0.275. The molecule has 1 rings (SSSR count). The van der Waals surface area contributed by atoms with Gasteiger partial charge in [0.15, 0.2) is 0 Å². The molecule has 1 aliphatic rings. The first-order valence-corrected chi connectivity index (χ1v) is 7.07. The quantitative estimate of drug-likeness (QED) is 0.747. The molecule has 1 fully saturated rings. The minimum atomic E-state index is -0.275. The van der Waals surface area contributed by atoms with Gasteiger partial charge in [-0.2, -0.15) is 0 Å². The number of alkyl halides is 1. The molecule has 0 aromatic carbocycles. The van der Waals surface area contributed by atoms with E-state index in [1.165, 1.54) is 0 Å². The summed E-state index contributed by atoms with van der Waals surface area (Å²) >= 11 is 3.39. The largest absolute Gasteiger partial charge is 0.371 e. The standard InChI is InChI=1S/C12H22BrNO3/c1-9-6-14(7-10(5-13)17-9)11(15)8-16-12(2,3)4/h9-10H,5-8H2,1-4H3. The van der Waals surface area contributed by atoms with Crippen molar-refractivity contribution in [1.82, 2.24) is 4.90 Å². The van der Waals surface area contributed by atoms with Crippen LogP contribution in [0.1, 0.15) is 27.7 Å². The lowest BCUT2D eigenvalue weighted by atomic mass is 10.2. The van der Waals surface area contributed by atoms with Crippen molar-refractivity contribution in [2.45, 2.75) is 45.5 Å². The van der Waals surface area contributed by atoms with Gasteiger partial charge >= 0.3 is 0 Å². The van der Waals surface area contributed by atoms with E-state index in [-0.39, 0.29) is 30.3 Å². The number of hydrogen-bond acceptors (Lipinski definition) is 3. The van der Waals surface area contributed by atoms with Gasteiger partial charge in [-0.15, -0.1) is 0 Å². The highest BCUT2D eigenvalue weighted by Crippen LogP contribution is 2.14. The fourth-order valence-corrected chi connectivity index (χ4v) is 2.06. The van der Waals surface area contributed by atoms with Gasteiger partial charge in [0.2, 0.25) is 5.91 Å². The van der Waals surface area contributed by atoms with Crippen LogP contribution in [0.25, 0.3) is 0 Å². The monoisotopic (exact) mass is 307 g/mol. The van der Waals surface area contributed by atoms with Crippen LogP contribution in [0.2, 0.25) is 0 Å². The molecule has 0 aromatic rings. The Bertz CT molecular complexity index is 265. The minimum Gasteiger partial charge on any atom is -0.371 e. The molecular formula is C12H22BrNO3. The van der Waals surface area contributed by atoms with Gasteiger partial charge in [0, 0.05) is 18.4 Å². The van der Waals surface area contributed by atoms with Crippen LogP contribution in [0, 0.1) is 0 Å². The molecular weight excluding hydrogens is 286 g/mol. The number of amides is 1. The maximum Gasteiger partial charge on any atom is 0.248 e. The Balaban J connectivity index is 2.45. The van der Waals surface area contributed by atoms with Crippen LogP contribution in [0.15, 0.2) is 0 Å². The summed E-state index contributed by atoms with van der Waals surface area (Å²) < 4.78 is 11.2. The first-order chi connectivity index (χ1) is 7.81. The second-order valence-corrected chi connectivity index (χ2v) is 6.07. The van der Waals surface area contributed by atoms with Crippen LogP contribution in [0.5, 0.6) is 0 Å². The first kappa shape index (κ1) is 14.9. The summed E-state index contributed by atoms with van der Waals surface area (Å²) in [7, 11) is 0. The zero-order chi connectivity index (χ0) is 13.1. The van der Waals surface area contributed by atoms with E-state index in [0.717, 1.165) is 5.33 Å². The molecule has 17 heavy (non-hydrogen) atoms. The van der Waals surface area contributed by atoms with Gasteiger partial charge in [-0.3, -0.25) is 4.79 Å². The summed E-state index contributed by atoms with van der Waals surface area (Å²) in [6, 6.07) is 0. The van der Waals surface area contributed by atoms with Crippen LogP contribution in [-0.2, 0) is 14.3 Å².